The number of nitrogens with zero attached hydrogens (tertiary/aromatic N) is 2. The Morgan fingerprint density at radius 1 is 1.17 bits per heavy atom. The summed E-state index contributed by atoms with van der Waals surface area (Å²) in [6.45, 7) is 2.18. The highest BCUT2D eigenvalue weighted by Gasteiger charge is 2.03. The summed E-state index contributed by atoms with van der Waals surface area (Å²) in [6, 6.07) is 13.6. The zero-order valence-corrected chi connectivity index (χ0v) is 14.0. The van der Waals surface area contributed by atoms with Gasteiger partial charge in [-0.3, -0.25) is 9.78 Å². The molecule has 2 rings (SSSR count). The lowest BCUT2D eigenvalue weighted by atomic mass is 10.1. The van der Waals surface area contributed by atoms with Crippen LogP contribution in [0.15, 0.2) is 65.5 Å². The standard InChI is InChI=1S/C20H23N3O/c1-2-3-5-11-18(14-17-9-6-4-7-10-17)15-22-23-20(24)19-12-8-13-21-16-19/h4,6-10,12-16H,2-3,5,11H2,1H3,(H,23,24)/b18-14+,22-15+. The number of hydrazone groups is 1. The topological polar surface area (TPSA) is 54.4 Å². The molecule has 124 valence electrons. The van der Waals surface area contributed by atoms with Gasteiger partial charge in [0.1, 0.15) is 0 Å². The number of carbonyl (C=O) groups is 1. The van der Waals surface area contributed by atoms with Crippen molar-refractivity contribution in [2.45, 2.75) is 32.6 Å². The molecule has 0 saturated carbocycles. The van der Waals surface area contributed by atoms with Crippen LogP contribution in [0, 0.1) is 0 Å². The van der Waals surface area contributed by atoms with E-state index >= 15 is 0 Å². The summed E-state index contributed by atoms with van der Waals surface area (Å²) in [5.41, 5.74) is 5.28. The fourth-order valence-corrected chi connectivity index (χ4v) is 2.25. The first-order valence-corrected chi connectivity index (χ1v) is 8.28. The van der Waals surface area contributed by atoms with Gasteiger partial charge in [-0.1, -0.05) is 56.2 Å². The first kappa shape index (κ1) is 17.6. The third-order valence-corrected chi connectivity index (χ3v) is 3.54. The predicted molar refractivity (Wildman–Crippen MR) is 98.8 cm³/mol. The van der Waals surface area contributed by atoms with Crippen LogP contribution in [0.3, 0.4) is 0 Å². The Labute approximate surface area is 143 Å². The van der Waals surface area contributed by atoms with E-state index in [0.29, 0.717) is 5.56 Å². The largest absolute Gasteiger partial charge is 0.272 e. The van der Waals surface area contributed by atoms with Crippen molar-refractivity contribution in [3.05, 3.63) is 71.6 Å². The molecule has 0 aliphatic rings. The first-order chi connectivity index (χ1) is 11.8. The van der Waals surface area contributed by atoms with Crippen LogP contribution in [-0.4, -0.2) is 17.1 Å². The van der Waals surface area contributed by atoms with E-state index in [9.17, 15) is 4.79 Å². The fourth-order valence-electron chi connectivity index (χ4n) is 2.25. The summed E-state index contributed by atoms with van der Waals surface area (Å²) in [5, 5.41) is 4.10. The molecule has 0 spiro atoms. The Kier molecular flexibility index (Phi) is 7.41. The van der Waals surface area contributed by atoms with Crippen LogP contribution in [0.2, 0.25) is 0 Å². The number of unbranched alkanes of at least 4 members (excludes halogenated alkanes) is 2. The van der Waals surface area contributed by atoms with Crippen molar-refractivity contribution >= 4 is 18.2 Å². The number of amides is 1. The molecule has 24 heavy (non-hydrogen) atoms. The lowest BCUT2D eigenvalue weighted by Gasteiger charge is -2.03. The quantitative estimate of drug-likeness (QED) is 0.443. The maximum Gasteiger partial charge on any atom is 0.272 e. The lowest BCUT2D eigenvalue weighted by molar-refractivity contribution is 0.0955. The Hall–Kier alpha value is -2.75. The maximum absolute atomic E-state index is 12.0. The molecule has 0 saturated heterocycles. The summed E-state index contributed by atoms with van der Waals surface area (Å²) >= 11 is 0. The average Bonchev–Trinajstić information content (AvgIpc) is 2.63. The molecule has 1 heterocycles. The molecule has 0 unspecified atom stereocenters. The van der Waals surface area contributed by atoms with Crippen LogP contribution in [0.25, 0.3) is 6.08 Å². The van der Waals surface area contributed by atoms with Gasteiger partial charge in [0.15, 0.2) is 0 Å². The highest BCUT2D eigenvalue weighted by molar-refractivity contribution is 5.94. The van der Waals surface area contributed by atoms with Crippen molar-refractivity contribution in [2.75, 3.05) is 0 Å². The number of allylic oxidation sites excluding steroid dienone is 1. The Morgan fingerprint density at radius 3 is 2.71 bits per heavy atom. The van der Waals surface area contributed by atoms with Gasteiger partial charge in [0, 0.05) is 12.4 Å². The van der Waals surface area contributed by atoms with E-state index in [-0.39, 0.29) is 5.91 Å². The number of benzene rings is 1. The first-order valence-electron chi connectivity index (χ1n) is 8.28. The van der Waals surface area contributed by atoms with Gasteiger partial charge in [-0.15, -0.1) is 0 Å². The van der Waals surface area contributed by atoms with E-state index in [2.05, 4.69) is 40.6 Å². The molecule has 0 aliphatic carbocycles. The molecule has 0 fully saturated rings. The second-order valence-corrected chi connectivity index (χ2v) is 5.53. The van der Waals surface area contributed by atoms with E-state index in [1.807, 2.05) is 18.2 Å². The minimum atomic E-state index is -0.257. The summed E-state index contributed by atoms with van der Waals surface area (Å²) in [4.78, 5) is 15.9. The van der Waals surface area contributed by atoms with E-state index in [1.54, 1.807) is 24.5 Å². The van der Waals surface area contributed by atoms with Gasteiger partial charge >= 0.3 is 0 Å². The monoisotopic (exact) mass is 321 g/mol. The zero-order valence-electron chi connectivity index (χ0n) is 14.0. The van der Waals surface area contributed by atoms with Gasteiger partial charge in [-0.05, 0) is 36.1 Å². The van der Waals surface area contributed by atoms with Crippen molar-refractivity contribution in [3.8, 4) is 0 Å². The number of aromatic nitrogens is 1. The van der Waals surface area contributed by atoms with Crippen LogP contribution in [0.1, 0.15) is 48.5 Å². The van der Waals surface area contributed by atoms with E-state index in [4.69, 9.17) is 0 Å². The third kappa shape index (κ3) is 6.16. The van der Waals surface area contributed by atoms with Crippen molar-refractivity contribution in [3.63, 3.8) is 0 Å². The number of pyridine rings is 1. The van der Waals surface area contributed by atoms with Crippen molar-refractivity contribution < 1.29 is 4.79 Å². The number of rotatable bonds is 8. The van der Waals surface area contributed by atoms with Gasteiger partial charge in [-0.2, -0.15) is 5.10 Å². The van der Waals surface area contributed by atoms with Crippen LogP contribution in [0.5, 0.6) is 0 Å². The minimum absolute atomic E-state index is 0.257. The molecule has 4 heteroatoms. The predicted octanol–water partition coefficient (Wildman–Crippen LogP) is 4.46. The van der Waals surface area contributed by atoms with E-state index in [1.165, 1.54) is 19.0 Å². The van der Waals surface area contributed by atoms with Crippen LogP contribution in [0.4, 0.5) is 0 Å². The van der Waals surface area contributed by atoms with Crippen molar-refractivity contribution in [1.29, 1.82) is 0 Å². The molecule has 0 radical (unpaired) electrons. The maximum atomic E-state index is 12.0. The summed E-state index contributed by atoms with van der Waals surface area (Å²) < 4.78 is 0. The van der Waals surface area contributed by atoms with Gasteiger partial charge in [-0.25, -0.2) is 5.43 Å². The number of hydrogen-bond donors (Lipinski definition) is 1. The van der Waals surface area contributed by atoms with Crippen LogP contribution >= 0.6 is 0 Å². The highest BCUT2D eigenvalue weighted by Crippen LogP contribution is 2.12. The molecule has 0 aliphatic heterocycles. The average molecular weight is 321 g/mol. The molecule has 0 atom stereocenters. The molecule has 0 bridgehead atoms. The molecule has 1 amide bonds. The smallest absolute Gasteiger partial charge is 0.267 e. The molecule has 1 aromatic carbocycles. The molecule has 1 aromatic heterocycles. The minimum Gasteiger partial charge on any atom is -0.267 e. The molecular weight excluding hydrogens is 298 g/mol. The fraction of sp³-hybridized carbons (Fsp3) is 0.250. The molecule has 1 N–H and O–H groups in total. The number of hydrogen-bond acceptors (Lipinski definition) is 3. The number of nitrogens with one attached hydrogen (secondary N) is 1. The lowest BCUT2D eigenvalue weighted by Crippen LogP contribution is -2.17. The van der Waals surface area contributed by atoms with E-state index < -0.39 is 0 Å². The normalized spacial score (nSPS) is 11.6. The highest BCUT2D eigenvalue weighted by atomic mass is 16.2. The summed E-state index contributed by atoms with van der Waals surface area (Å²) in [5.74, 6) is -0.257. The van der Waals surface area contributed by atoms with Gasteiger partial charge < -0.3 is 0 Å². The van der Waals surface area contributed by atoms with Crippen LogP contribution < -0.4 is 5.43 Å². The molecule has 2 aromatic rings. The second kappa shape index (κ2) is 10.1. The Balaban J connectivity index is 2.01. The Bertz CT molecular complexity index is 679. The van der Waals surface area contributed by atoms with Gasteiger partial charge in [0.2, 0.25) is 0 Å². The van der Waals surface area contributed by atoms with E-state index in [0.717, 1.165) is 24.0 Å². The number of carbonyl (C=O) groups excluding carboxylic acids is 1. The third-order valence-electron chi connectivity index (χ3n) is 3.54. The Morgan fingerprint density at radius 2 is 2.00 bits per heavy atom. The SMILES string of the molecule is CCCCCC(/C=N/NC(=O)c1cccnc1)=C\c1ccccc1. The summed E-state index contributed by atoms with van der Waals surface area (Å²) in [7, 11) is 0. The summed E-state index contributed by atoms with van der Waals surface area (Å²) in [6.07, 6.45) is 11.4. The van der Waals surface area contributed by atoms with Crippen molar-refractivity contribution in [2.24, 2.45) is 5.10 Å². The van der Waals surface area contributed by atoms with Gasteiger partial charge in [0.25, 0.3) is 5.91 Å². The van der Waals surface area contributed by atoms with Crippen molar-refractivity contribution in [1.82, 2.24) is 10.4 Å². The second-order valence-electron chi connectivity index (χ2n) is 5.53. The van der Waals surface area contributed by atoms with Gasteiger partial charge in [0.05, 0.1) is 11.8 Å². The molecule has 4 nitrogen and oxygen atoms in total. The van der Waals surface area contributed by atoms with Crippen LogP contribution in [-0.2, 0) is 0 Å². The molecular formula is C20H23N3O. The zero-order chi connectivity index (χ0) is 17.0.